The van der Waals surface area contributed by atoms with Crippen molar-refractivity contribution >= 4 is 20.6 Å². The van der Waals surface area contributed by atoms with Gasteiger partial charge in [-0.1, -0.05) is 30.3 Å². The van der Waals surface area contributed by atoms with Crippen LogP contribution in [0.3, 0.4) is 0 Å². The Balaban J connectivity index is 1.79. The summed E-state index contributed by atoms with van der Waals surface area (Å²) >= 11 is 0. The third-order valence-electron chi connectivity index (χ3n) is 4.99. The van der Waals surface area contributed by atoms with E-state index >= 15 is 0 Å². The molecule has 2 aromatic rings. The van der Waals surface area contributed by atoms with Crippen molar-refractivity contribution in [1.82, 2.24) is 0 Å². The Bertz CT molecular complexity index is 762. The first kappa shape index (κ1) is 16.5. The highest BCUT2D eigenvalue weighted by Crippen LogP contribution is 2.20. The van der Waals surface area contributed by atoms with E-state index in [1.54, 1.807) is 6.07 Å². The maximum Gasteiger partial charge on any atom is 0.184 e. The Morgan fingerprint density at radius 1 is 0.957 bits per heavy atom. The minimum Gasteiger partial charge on any atom is -0.332 e. The molecule has 23 heavy (non-hydrogen) atoms. The van der Waals surface area contributed by atoms with Crippen LogP contribution in [0.2, 0.25) is 0 Å². The first-order valence-electron chi connectivity index (χ1n) is 8.62. The fourth-order valence-corrected chi connectivity index (χ4v) is 5.25. The first-order valence-corrected chi connectivity index (χ1v) is 10.3. The number of benzene rings is 2. The molecule has 1 aliphatic heterocycles. The molecule has 0 bridgehead atoms. The van der Waals surface area contributed by atoms with E-state index in [4.69, 9.17) is 0 Å². The number of nitrogens with one attached hydrogen (secondary N) is 1. The molecule has 124 valence electrons. The van der Waals surface area contributed by atoms with Gasteiger partial charge in [0.1, 0.15) is 5.75 Å². The zero-order valence-electron chi connectivity index (χ0n) is 13.8. The maximum absolute atomic E-state index is 12.8. The average Bonchev–Trinajstić information content (AvgIpc) is 2.83. The highest BCUT2D eigenvalue weighted by molar-refractivity contribution is 7.91. The Hall–Kier alpha value is -1.39. The van der Waals surface area contributed by atoms with Crippen LogP contribution < -0.4 is 4.90 Å². The van der Waals surface area contributed by atoms with Crippen LogP contribution in [0.4, 0.5) is 0 Å². The quantitative estimate of drug-likeness (QED) is 0.934. The molecule has 0 amide bonds. The van der Waals surface area contributed by atoms with Gasteiger partial charge in [-0.3, -0.25) is 0 Å². The Morgan fingerprint density at radius 2 is 1.61 bits per heavy atom. The van der Waals surface area contributed by atoms with Crippen LogP contribution in [-0.2, 0) is 9.84 Å². The van der Waals surface area contributed by atoms with Crippen LogP contribution in [0.5, 0.6) is 0 Å². The summed E-state index contributed by atoms with van der Waals surface area (Å²) in [7, 11) is -3.23. The van der Waals surface area contributed by atoms with Crippen molar-refractivity contribution in [2.45, 2.75) is 43.5 Å². The lowest BCUT2D eigenvalue weighted by molar-refractivity contribution is -0.920. The molecule has 0 saturated carbocycles. The summed E-state index contributed by atoms with van der Waals surface area (Å²) in [5.74, 6) is 0.237. The van der Waals surface area contributed by atoms with Gasteiger partial charge in [0, 0.05) is 0 Å². The molecular weight excluding hydrogens is 306 g/mol. The lowest BCUT2D eigenvalue weighted by atomic mass is 10.1. The van der Waals surface area contributed by atoms with Gasteiger partial charge in [0.15, 0.2) is 9.84 Å². The molecule has 1 saturated heterocycles. The van der Waals surface area contributed by atoms with Crippen molar-refractivity contribution in [2.75, 3.05) is 18.8 Å². The summed E-state index contributed by atoms with van der Waals surface area (Å²) in [4.78, 5) is 1.91. The topological polar surface area (TPSA) is 38.6 Å². The summed E-state index contributed by atoms with van der Waals surface area (Å²) < 4.78 is 25.6. The second-order valence-electron chi connectivity index (χ2n) is 6.76. The molecular formula is C19H26NO2S+. The van der Waals surface area contributed by atoms with Gasteiger partial charge in [0.05, 0.1) is 24.0 Å². The number of quaternary nitrogens is 1. The summed E-state index contributed by atoms with van der Waals surface area (Å²) in [6.07, 6.45) is 5.01. The zero-order valence-corrected chi connectivity index (χ0v) is 14.6. The Labute approximate surface area is 139 Å². The molecule has 0 radical (unpaired) electrons. The highest BCUT2D eigenvalue weighted by atomic mass is 32.2. The molecule has 0 aromatic heterocycles. The van der Waals surface area contributed by atoms with E-state index in [1.807, 2.05) is 36.4 Å². The van der Waals surface area contributed by atoms with E-state index in [0.29, 0.717) is 4.90 Å². The molecule has 0 unspecified atom stereocenters. The van der Waals surface area contributed by atoms with Crippen molar-refractivity contribution in [3.8, 4) is 0 Å². The lowest BCUT2D eigenvalue weighted by Gasteiger charge is -2.24. The minimum atomic E-state index is -3.23. The second kappa shape index (κ2) is 7.02. The predicted octanol–water partition coefficient (Wildman–Crippen LogP) is 2.46. The van der Waals surface area contributed by atoms with E-state index < -0.39 is 9.84 Å². The largest absolute Gasteiger partial charge is 0.332 e. The van der Waals surface area contributed by atoms with Gasteiger partial charge in [-0.15, -0.1) is 0 Å². The van der Waals surface area contributed by atoms with Crippen LogP contribution in [0.25, 0.3) is 10.8 Å². The van der Waals surface area contributed by atoms with Crippen LogP contribution in [0.1, 0.15) is 32.6 Å². The summed E-state index contributed by atoms with van der Waals surface area (Å²) in [6.45, 7) is 4.29. The number of hydrogen-bond acceptors (Lipinski definition) is 2. The van der Waals surface area contributed by atoms with E-state index in [0.717, 1.165) is 23.9 Å². The molecule has 0 spiro atoms. The molecule has 1 N–H and O–H groups in total. The summed E-state index contributed by atoms with van der Waals surface area (Å²) in [6, 6.07) is 13.5. The number of sulfone groups is 1. The lowest BCUT2D eigenvalue weighted by Crippen LogP contribution is -3.15. The van der Waals surface area contributed by atoms with E-state index in [-0.39, 0.29) is 11.8 Å². The number of fused-ring (bicyclic) bond motifs is 1. The standard InChI is InChI=1S/C19H25NO2S/c1-16(20-12-6-2-3-7-13-20)15-23(21,22)19-11-10-17-8-4-5-9-18(17)14-19/h4-5,8-11,14,16H,2-3,6-7,12-13,15H2,1H3/p+1/t16-/m0/s1. The molecule has 0 aliphatic carbocycles. The van der Waals surface area contributed by atoms with Crippen LogP contribution in [0, 0.1) is 0 Å². The number of likely N-dealkylation sites (tertiary alicyclic amines) is 1. The Morgan fingerprint density at radius 3 is 2.30 bits per heavy atom. The molecule has 1 heterocycles. The Kier molecular flexibility index (Phi) is 5.02. The van der Waals surface area contributed by atoms with Crippen molar-refractivity contribution < 1.29 is 13.3 Å². The highest BCUT2D eigenvalue weighted by Gasteiger charge is 2.26. The van der Waals surface area contributed by atoms with Crippen molar-refractivity contribution in [1.29, 1.82) is 0 Å². The van der Waals surface area contributed by atoms with Crippen LogP contribution in [-0.4, -0.2) is 33.3 Å². The monoisotopic (exact) mass is 332 g/mol. The van der Waals surface area contributed by atoms with Crippen molar-refractivity contribution in [3.05, 3.63) is 42.5 Å². The fraction of sp³-hybridized carbons (Fsp3) is 0.474. The van der Waals surface area contributed by atoms with E-state index in [9.17, 15) is 8.42 Å². The normalized spacial score (nSPS) is 18.7. The summed E-state index contributed by atoms with van der Waals surface area (Å²) in [5, 5.41) is 2.07. The maximum atomic E-state index is 12.8. The number of hydrogen-bond donors (Lipinski definition) is 1. The number of rotatable bonds is 4. The molecule has 1 fully saturated rings. The van der Waals surface area contributed by atoms with E-state index in [2.05, 4.69) is 6.92 Å². The predicted molar refractivity (Wildman–Crippen MR) is 94.6 cm³/mol. The van der Waals surface area contributed by atoms with Crippen LogP contribution in [0.15, 0.2) is 47.4 Å². The second-order valence-corrected chi connectivity index (χ2v) is 8.80. The van der Waals surface area contributed by atoms with Gasteiger partial charge in [-0.2, -0.15) is 0 Å². The third-order valence-corrected chi connectivity index (χ3v) is 6.90. The van der Waals surface area contributed by atoms with Crippen molar-refractivity contribution in [3.63, 3.8) is 0 Å². The first-order chi connectivity index (χ1) is 11.1. The molecule has 4 heteroatoms. The molecule has 1 atom stereocenters. The van der Waals surface area contributed by atoms with Crippen LogP contribution >= 0.6 is 0 Å². The smallest absolute Gasteiger partial charge is 0.184 e. The van der Waals surface area contributed by atoms with Crippen molar-refractivity contribution in [2.24, 2.45) is 0 Å². The SMILES string of the molecule is C[C@@H](CS(=O)(=O)c1ccc2ccccc2c1)[NH+]1CCCCCC1. The van der Waals surface area contributed by atoms with E-state index in [1.165, 1.54) is 30.6 Å². The molecule has 3 nitrogen and oxygen atoms in total. The summed E-state index contributed by atoms with van der Waals surface area (Å²) in [5.41, 5.74) is 0. The average molecular weight is 332 g/mol. The molecule has 1 aliphatic rings. The van der Waals surface area contributed by atoms with Gasteiger partial charge in [-0.25, -0.2) is 8.42 Å². The molecule has 2 aromatic carbocycles. The zero-order chi connectivity index (χ0) is 16.3. The third kappa shape index (κ3) is 3.93. The van der Waals surface area contributed by atoms with Gasteiger partial charge in [-0.05, 0) is 55.5 Å². The van der Waals surface area contributed by atoms with Gasteiger partial charge in [0.2, 0.25) is 0 Å². The van der Waals surface area contributed by atoms with Gasteiger partial charge < -0.3 is 4.90 Å². The molecule has 3 rings (SSSR count). The van der Waals surface area contributed by atoms with Gasteiger partial charge in [0.25, 0.3) is 0 Å². The minimum absolute atomic E-state index is 0.157. The fourth-order valence-electron chi connectivity index (χ4n) is 3.58. The van der Waals surface area contributed by atoms with Gasteiger partial charge >= 0.3 is 0 Å².